The Labute approximate surface area is 143 Å². The van der Waals surface area contributed by atoms with Crippen LogP contribution in [0, 0.1) is 0 Å². The van der Waals surface area contributed by atoms with E-state index >= 15 is 0 Å². The molecule has 1 atom stereocenters. The highest BCUT2D eigenvalue weighted by Crippen LogP contribution is 2.22. The van der Waals surface area contributed by atoms with Gasteiger partial charge in [0.1, 0.15) is 12.4 Å². The van der Waals surface area contributed by atoms with Crippen molar-refractivity contribution in [2.45, 2.75) is 32.4 Å². The number of rotatable bonds is 9. The van der Waals surface area contributed by atoms with E-state index < -0.39 is 6.17 Å². The standard InChI is InChI=1S/C21H24FNO/c1-3-15-24-21-13-10-18(11-14-21)19-9-12-20(23-16-19)8-6-4-5-7-17(2)22/h3,6,8-14,16-17H,1,4-5,7,15H2,2H3. The SMILES string of the molecule is C=CCOc1ccc(-c2ccc(C=CCCCC(C)F)nc2)cc1. The van der Waals surface area contributed by atoms with Crippen molar-refractivity contribution in [3.8, 4) is 16.9 Å². The molecule has 0 bridgehead atoms. The number of pyridine rings is 1. The average Bonchev–Trinajstić information content (AvgIpc) is 2.60. The molecule has 3 heteroatoms. The van der Waals surface area contributed by atoms with Crippen molar-refractivity contribution in [1.82, 2.24) is 4.98 Å². The molecule has 24 heavy (non-hydrogen) atoms. The Morgan fingerprint density at radius 3 is 2.54 bits per heavy atom. The molecule has 2 nitrogen and oxygen atoms in total. The van der Waals surface area contributed by atoms with Gasteiger partial charge >= 0.3 is 0 Å². The number of ether oxygens (including phenoxy) is 1. The molecule has 0 spiro atoms. The maximum Gasteiger partial charge on any atom is 0.119 e. The van der Waals surface area contributed by atoms with Gasteiger partial charge in [-0.1, -0.05) is 36.9 Å². The van der Waals surface area contributed by atoms with E-state index in [1.54, 1.807) is 13.0 Å². The Kier molecular flexibility index (Phi) is 7.21. The lowest BCUT2D eigenvalue weighted by molar-refractivity contribution is 0.335. The smallest absolute Gasteiger partial charge is 0.119 e. The van der Waals surface area contributed by atoms with Crippen LogP contribution in [-0.2, 0) is 0 Å². The molecule has 0 fully saturated rings. The van der Waals surface area contributed by atoms with E-state index in [1.807, 2.05) is 42.6 Å². The summed E-state index contributed by atoms with van der Waals surface area (Å²) in [5.41, 5.74) is 3.08. The third-order valence-corrected chi connectivity index (χ3v) is 3.60. The number of allylic oxidation sites excluding steroid dienone is 1. The summed E-state index contributed by atoms with van der Waals surface area (Å²) in [4.78, 5) is 4.45. The lowest BCUT2D eigenvalue weighted by atomic mass is 10.1. The highest BCUT2D eigenvalue weighted by atomic mass is 19.1. The third kappa shape index (κ3) is 5.99. The molecule has 1 aromatic carbocycles. The van der Waals surface area contributed by atoms with Crippen LogP contribution in [-0.4, -0.2) is 17.8 Å². The number of hydrogen-bond donors (Lipinski definition) is 0. The summed E-state index contributed by atoms with van der Waals surface area (Å²) in [6, 6.07) is 12.0. The van der Waals surface area contributed by atoms with Crippen LogP contribution < -0.4 is 4.74 Å². The third-order valence-electron chi connectivity index (χ3n) is 3.60. The monoisotopic (exact) mass is 325 g/mol. The van der Waals surface area contributed by atoms with Crippen LogP contribution in [0.4, 0.5) is 4.39 Å². The van der Waals surface area contributed by atoms with Gasteiger partial charge in [0.2, 0.25) is 0 Å². The lowest BCUT2D eigenvalue weighted by Crippen LogP contribution is -1.92. The first-order valence-electron chi connectivity index (χ1n) is 8.30. The van der Waals surface area contributed by atoms with Crippen molar-refractivity contribution in [3.05, 3.63) is 67.0 Å². The molecule has 1 heterocycles. The van der Waals surface area contributed by atoms with Crippen LogP contribution in [0.15, 0.2) is 61.3 Å². The summed E-state index contributed by atoms with van der Waals surface area (Å²) in [6.07, 6.45) is 9.27. The first-order valence-corrected chi connectivity index (χ1v) is 8.30. The van der Waals surface area contributed by atoms with Crippen LogP contribution >= 0.6 is 0 Å². The fourth-order valence-corrected chi connectivity index (χ4v) is 2.29. The molecule has 1 unspecified atom stereocenters. The molecule has 0 aliphatic rings. The minimum absolute atomic E-state index is 0.506. The molecule has 0 amide bonds. The van der Waals surface area contributed by atoms with Gasteiger partial charge in [-0.25, -0.2) is 4.39 Å². The summed E-state index contributed by atoms with van der Waals surface area (Å²) in [7, 11) is 0. The van der Waals surface area contributed by atoms with Crippen molar-refractivity contribution >= 4 is 6.08 Å². The van der Waals surface area contributed by atoms with Crippen molar-refractivity contribution in [2.24, 2.45) is 0 Å². The van der Waals surface area contributed by atoms with Gasteiger partial charge < -0.3 is 4.74 Å². The molecule has 0 radical (unpaired) electrons. The fourth-order valence-electron chi connectivity index (χ4n) is 2.29. The number of hydrogen-bond acceptors (Lipinski definition) is 2. The molecule has 126 valence electrons. The predicted molar refractivity (Wildman–Crippen MR) is 98.8 cm³/mol. The van der Waals surface area contributed by atoms with Crippen LogP contribution in [0.5, 0.6) is 5.75 Å². The Morgan fingerprint density at radius 1 is 1.17 bits per heavy atom. The molecular formula is C21H24FNO. The average molecular weight is 325 g/mol. The Bertz CT molecular complexity index is 645. The second-order valence-corrected chi connectivity index (χ2v) is 5.71. The zero-order valence-electron chi connectivity index (χ0n) is 14.1. The van der Waals surface area contributed by atoms with Gasteiger partial charge in [-0.3, -0.25) is 4.98 Å². The van der Waals surface area contributed by atoms with Gasteiger partial charge in [-0.2, -0.15) is 0 Å². The van der Waals surface area contributed by atoms with Gasteiger partial charge in [-0.05, 0) is 56.0 Å². The van der Waals surface area contributed by atoms with E-state index in [4.69, 9.17) is 4.74 Å². The maximum absolute atomic E-state index is 12.7. The quantitative estimate of drug-likeness (QED) is 0.426. The normalized spacial score (nSPS) is 12.2. The van der Waals surface area contributed by atoms with Crippen LogP contribution in [0.1, 0.15) is 31.9 Å². The molecule has 2 rings (SSSR count). The maximum atomic E-state index is 12.7. The van der Waals surface area contributed by atoms with Crippen molar-refractivity contribution < 1.29 is 9.13 Å². The van der Waals surface area contributed by atoms with E-state index in [1.165, 1.54) is 0 Å². The Morgan fingerprint density at radius 2 is 1.92 bits per heavy atom. The number of alkyl halides is 1. The number of aromatic nitrogens is 1. The molecule has 0 N–H and O–H groups in total. The summed E-state index contributed by atoms with van der Waals surface area (Å²) in [5.74, 6) is 0.828. The van der Waals surface area contributed by atoms with Crippen LogP contribution in [0.3, 0.4) is 0 Å². The molecule has 0 aliphatic heterocycles. The topological polar surface area (TPSA) is 22.1 Å². The molecule has 0 saturated heterocycles. The van der Waals surface area contributed by atoms with Crippen LogP contribution in [0.25, 0.3) is 17.2 Å². The summed E-state index contributed by atoms with van der Waals surface area (Å²) < 4.78 is 18.2. The van der Waals surface area contributed by atoms with E-state index in [-0.39, 0.29) is 0 Å². The summed E-state index contributed by atoms with van der Waals surface area (Å²) in [5, 5.41) is 0. The van der Waals surface area contributed by atoms with Crippen LogP contribution in [0.2, 0.25) is 0 Å². The van der Waals surface area contributed by atoms with E-state index in [0.29, 0.717) is 13.0 Å². The Hall–Kier alpha value is -2.42. The molecule has 1 aromatic heterocycles. The molecule has 0 saturated carbocycles. The van der Waals surface area contributed by atoms with Crippen molar-refractivity contribution in [1.29, 1.82) is 0 Å². The van der Waals surface area contributed by atoms with Gasteiger partial charge in [0, 0.05) is 11.8 Å². The molecule has 0 aliphatic carbocycles. The second kappa shape index (κ2) is 9.66. The fraction of sp³-hybridized carbons (Fsp3) is 0.286. The first-order chi connectivity index (χ1) is 11.7. The van der Waals surface area contributed by atoms with E-state index in [0.717, 1.165) is 35.4 Å². The number of unbranched alkanes of at least 4 members (excludes halogenated alkanes) is 1. The number of nitrogens with zero attached hydrogens (tertiary/aromatic N) is 1. The van der Waals surface area contributed by atoms with E-state index in [9.17, 15) is 4.39 Å². The zero-order valence-corrected chi connectivity index (χ0v) is 14.1. The zero-order chi connectivity index (χ0) is 17.2. The lowest BCUT2D eigenvalue weighted by Gasteiger charge is -2.05. The first kappa shape index (κ1) is 17.9. The second-order valence-electron chi connectivity index (χ2n) is 5.71. The van der Waals surface area contributed by atoms with Gasteiger partial charge in [0.15, 0.2) is 0 Å². The molecule has 2 aromatic rings. The van der Waals surface area contributed by atoms with Crippen molar-refractivity contribution in [3.63, 3.8) is 0 Å². The number of halogens is 1. The summed E-state index contributed by atoms with van der Waals surface area (Å²) in [6.45, 7) is 5.74. The largest absolute Gasteiger partial charge is 0.490 e. The highest BCUT2D eigenvalue weighted by Gasteiger charge is 2.00. The molecular weight excluding hydrogens is 301 g/mol. The van der Waals surface area contributed by atoms with Gasteiger partial charge in [0.25, 0.3) is 0 Å². The number of benzene rings is 1. The van der Waals surface area contributed by atoms with Crippen molar-refractivity contribution in [2.75, 3.05) is 6.61 Å². The van der Waals surface area contributed by atoms with Gasteiger partial charge in [-0.15, -0.1) is 0 Å². The summed E-state index contributed by atoms with van der Waals surface area (Å²) >= 11 is 0. The highest BCUT2D eigenvalue weighted by molar-refractivity contribution is 5.64. The minimum Gasteiger partial charge on any atom is -0.490 e. The predicted octanol–water partition coefficient (Wildman–Crippen LogP) is 5.85. The minimum atomic E-state index is -0.718. The van der Waals surface area contributed by atoms with Gasteiger partial charge in [0.05, 0.1) is 11.9 Å². The van der Waals surface area contributed by atoms with E-state index in [2.05, 4.69) is 23.7 Å². The Balaban J connectivity index is 1.91.